The number of fused-ring (bicyclic) bond motifs is 1. The Morgan fingerprint density at radius 3 is 2.55 bits per heavy atom. The van der Waals surface area contributed by atoms with Crippen molar-refractivity contribution in [2.75, 3.05) is 11.4 Å². The van der Waals surface area contributed by atoms with E-state index in [2.05, 4.69) is 24.1 Å². The molecule has 1 aromatic carbocycles. The van der Waals surface area contributed by atoms with Crippen LogP contribution in [0.2, 0.25) is 0 Å². The highest BCUT2D eigenvalue weighted by Crippen LogP contribution is 2.35. The van der Waals surface area contributed by atoms with E-state index in [9.17, 15) is 8.78 Å². The van der Waals surface area contributed by atoms with Crippen LogP contribution < -0.4 is 10.2 Å². The van der Waals surface area contributed by atoms with Gasteiger partial charge in [-0.25, -0.2) is 0 Å². The molecule has 0 unspecified atom stereocenters. The molecule has 2 aliphatic rings. The highest BCUT2D eigenvalue weighted by molar-refractivity contribution is 7.99. The minimum absolute atomic E-state index is 0.0783. The SMILES string of the molecule is CC1(C)CN(c2ccc(SC(F)F)cc2)[C@H]2CCCC[C@@H]2N1. The number of alkyl halides is 2. The van der Waals surface area contributed by atoms with Crippen LogP contribution in [-0.4, -0.2) is 29.9 Å². The number of nitrogens with zero attached hydrogens (tertiary/aromatic N) is 1. The number of thioether (sulfide) groups is 1. The molecule has 2 atom stereocenters. The van der Waals surface area contributed by atoms with Gasteiger partial charge < -0.3 is 10.2 Å². The van der Waals surface area contributed by atoms with Gasteiger partial charge in [0.2, 0.25) is 0 Å². The van der Waals surface area contributed by atoms with Gasteiger partial charge in [0.05, 0.1) is 0 Å². The first-order valence-electron chi connectivity index (χ1n) is 8.04. The van der Waals surface area contributed by atoms with Gasteiger partial charge in [0.1, 0.15) is 0 Å². The maximum absolute atomic E-state index is 12.4. The van der Waals surface area contributed by atoms with Gasteiger partial charge in [-0.1, -0.05) is 24.6 Å². The smallest absolute Gasteiger partial charge is 0.288 e. The normalized spacial score (nSPS) is 27.8. The molecule has 0 bridgehead atoms. The van der Waals surface area contributed by atoms with Gasteiger partial charge in [0.15, 0.2) is 0 Å². The summed E-state index contributed by atoms with van der Waals surface area (Å²) in [7, 11) is 0. The first-order chi connectivity index (χ1) is 10.4. The van der Waals surface area contributed by atoms with E-state index < -0.39 is 5.76 Å². The predicted octanol–water partition coefficient (Wildman–Crippen LogP) is 4.50. The van der Waals surface area contributed by atoms with Gasteiger partial charge in [-0.05, 0) is 51.0 Å². The van der Waals surface area contributed by atoms with Crippen LogP contribution in [0.1, 0.15) is 39.5 Å². The summed E-state index contributed by atoms with van der Waals surface area (Å²) in [5.74, 6) is -2.35. The molecule has 0 amide bonds. The lowest BCUT2D eigenvalue weighted by Gasteiger charge is -2.52. The molecule has 5 heteroatoms. The highest BCUT2D eigenvalue weighted by Gasteiger charge is 2.40. The fourth-order valence-electron chi connectivity index (χ4n) is 3.85. The van der Waals surface area contributed by atoms with Crippen LogP contribution in [0, 0.1) is 0 Å². The number of piperazine rings is 1. The molecular formula is C17H24F2N2S. The summed E-state index contributed by atoms with van der Waals surface area (Å²) in [5.41, 5.74) is 1.24. The number of hydrogen-bond donors (Lipinski definition) is 1. The number of halogens is 2. The number of hydrogen-bond acceptors (Lipinski definition) is 3. The summed E-state index contributed by atoms with van der Waals surface area (Å²) in [5, 5.41) is 3.79. The quantitative estimate of drug-likeness (QED) is 0.823. The van der Waals surface area contributed by atoms with Crippen molar-refractivity contribution in [2.45, 2.75) is 67.8 Å². The second-order valence-electron chi connectivity index (χ2n) is 6.99. The van der Waals surface area contributed by atoms with Crippen molar-refractivity contribution in [2.24, 2.45) is 0 Å². The summed E-state index contributed by atoms with van der Waals surface area (Å²) in [6.07, 6.45) is 5.01. The van der Waals surface area contributed by atoms with E-state index in [0.717, 1.165) is 12.2 Å². The fraction of sp³-hybridized carbons (Fsp3) is 0.647. The van der Waals surface area contributed by atoms with E-state index in [-0.39, 0.29) is 5.54 Å². The third-order valence-electron chi connectivity index (χ3n) is 4.67. The van der Waals surface area contributed by atoms with E-state index in [4.69, 9.17) is 0 Å². The van der Waals surface area contributed by atoms with Gasteiger partial charge in [-0.3, -0.25) is 0 Å². The summed E-state index contributed by atoms with van der Waals surface area (Å²) < 4.78 is 24.9. The minimum atomic E-state index is -2.35. The van der Waals surface area contributed by atoms with Gasteiger partial charge in [0, 0.05) is 34.8 Å². The molecule has 22 heavy (non-hydrogen) atoms. The van der Waals surface area contributed by atoms with Crippen molar-refractivity contribution < 1.29 is 8.78 Å². The Morgan fingerprint density at radius 1 is 1.18 bits per heavy atom. The van der Waals surface area contributed by atoms with Gasteiger partial charge in [-0.15, -0.1) is 0 Å². The molecule has 2 fully saturated rings. The Bertz CT molecular complexity index is 504. The van der Waals surface area contributed by atoms with Crippen LogP contribution in [0.5, 0.6) is 0 Å². The zero-order valence-electron chi connectivity index (χ0n) is 13.2. The van der Waals surface area contributed by atoms with Crippen LogP contribution in [0.25, 0.3) is 0 Å². The average molecular weight is 326 g/mol. The van der Waals surface area contributed by atoms with Crippen molar-refractivity contribution in [1.82, 2.24) is 5.32 Å². The number of rotatable bonds is 3. The molecule has 0 spiro atoms. The maximum Gasteiger partial charge on any atom is 0.288 e. The average Bonchev–Trinajstić information content (AvgIpc) is 2.45. The summed E-state index contributed by atoms with van der Waals surface area (Å²) in [6, 6.07) is 8.69. The highest BCUT2D eigenvalue weighted by atomic mass is 32.2. The molecule has 2 nitrogen and oxygen atoms in total. The molecule has 1 heterocycles. The van der Waals surface area contributed by atoms with Crippen molar-refractivity contribution in [1.29, 1.82) is 0 Å². The third-order valence-corrected chi connectivity index (χ3v) is 5.39. The van der Waals surface area contributed by atoms with Gasteiger partial charge in [0.25, 0.3) is 5.76 Å². The number of benzene rings is 1. The second-order valence-corrected chi connectivity index (χ2v) is 8.05. The van der Waals surface area contributed by atoms with E-state index in [1.165, 1.54) is 25.7 Å². The van der Waals surface area contributed by atoms with Crippen LogP contribution in [0.3, 0.4) is 0 Å². The largest absolute Gasteiger partial charge is 0.365 e. The Labute approximate surface area is 135 Å². The topological polar surface area (TPSA) is 15.3 Å². The lowest BCUT2D eigenvalue weighted by Crippen LogP contribution is -2.67. The zero-order valence-corrected chi connectivity index (χ0v) is 14.0. The molecule has 1 aliphatic carbocycles. The van der Waals surface area contributed by atoms with Crippen LogP contribution >= 0.6 is 11.8 Å². The molecule has 0 radical (unpaired) electrons. The van der Waals surface area contributed by atoms with Crippen molar-refractivity contribution in [3.63, 3.8) is 0 Å². The van der Waals surface area contributed by atoms with Crippen molar-refractivity contribution in [3.05, 3.63) is 24.3 Å². The lowest BCUT2D eigenvalue weighted by atomic mass is 9.83. The van der Waals surface area contributed by atoms with Crippen LogP contribution in [0.15, 0.2) is 29.2 Å². The molecule has 1 saturated carbocycles. The molecule has 122 valence electrons. The summed E-state index contributed by atoms with van der Waals surface area (Å²) >= 11 is 0.612. The lowest BCUT2D eigenvalue weighted by molar-refractivity contribution is 0.199. The third kappa shape index (κ3) is 3.57. The minimum Gasteiger partial charge on any atom is -0.365 e. The standard InChI is InChI=1S/C17H24F2N2S/c1-17(2)11-21(15-6-4-3-5-14(15)20-17)12-7-9-13(10-8-12)22-16(18)19/h7-10,14-16,20H,3-6,11H2,1-2H3/t14-,15-/m0/s1. The van der Waals surface area contributed by atoms with Gasteiger partial charge >= 0.3 is 0 Å². The summed E-state index contributed by atoms with van der Waals surface area (Å²) in [4.78, 5) is 3.12. The Hall–Kier alpha value is -0.810. The second kappa shape index (κ2) is 6.36. The Balaban J connectivity index is 1.81. The molecule has 1 saturated heterocycles. The predicted molar refractivity (Wildman–Crippen MR) is 88.9 cm³/mol. The molecular weight excluding hydrogens is 302 g/mol. The van der Waals surface area contributed by atoms with Crippen LogP contribution in [-0.2, 0) is 0 Å². The summed E-state index contributed by atoms with van der Waals surface area (Å²) in [6.45, 7) is 5.44. The monoisotopic (exact) mass is 326 g/mol. The van der Waals surface area contributed by atoms with Crippen molar-refractivity contribution >= 4 is 17.4 Å². The van der Waals surface area contributed by atoms with E-state index >= 15 is 0 Å². The Kier molecular flexibility index (Phi) is 4.64. The van der Waals surface area contributed by atoms with E-state index in [0.29, 0.717) is 28.7 Å². The Morgan fingerprint density at radius 2 is 1.86 bits per heavy atom. The molecule has 1 N–H and O–H groups in total. The molecule has 3 rings (SSSR count). The number of anilines is 1. The van der Waals surface area contributed by atoms with E-state index in [1.54, 1.807) is 0 Å². The molecule has 1 aromatic rings. The van der Waals surface area contributed by atoms with Crippen LogP contribution in [0.4, 0.5) is 14.5 Å². The maximum atomic E-state index is 12.4. The number of nitrogens with one attached hydrogen (secondary N) is 1. The first-order valence-corrected chi connectivity index (χ1v) is 8.92. The van der Waals surface area contributed by atoms with Crippen molar-refractivity contribution in [3.8, 4) is 0 Å². The molecule has 0 aromatic heterocycles. The first kappa shape index (κ1) is 16.1. The van der Waals surface area contributed by atoms with Gasteiger partial charge in [-0.2, -0.15) is 8.78 Å². The zero-order chi connectivity index (χ0) is 15.7. The molecule has 1 aliphatic heterocycles. The van der Waals surface area contributed by atoms with E-state index in [1.807, 2.05) is 24.3 Å². The fourth-order valence-corrected chi connectivity index (χ4v) is 4.34.